The monoisotopic (exact) mass is 352 g/mol. The van der Waals surface area contributed by atoms with Gasteiger partial charge in [0.05, 0.1) is 10.7 Å². The Morgan fingerprint density at radius 2 is 1.95 bits per heavy atom. The molecule has 0 spiro atoms. The van der Waals surface area contributed by atoms with Crippen LogP contribution in [0.5, 0.6) is 0 Å². The van der Waals surface area contributed by atoms with E-state index in [2.05, 4.69) is 4.72 Å². The average molecular weight is 353 g/mol. The van der Waals surface area contributed by atoms with Gasteiger partial charge in [0.15, 0.2) is 0 Å². The zero-order chi connectivity index (χ0) is 15.6. The summed E-state index contributed by atoms with van der Waals surface area (Å²) in [6.07, 6.45) is 1.65. The number of rotatable bonds is 4. The van der Waals surface area contributed by atoms with Gasteiger partial charge in [-0.2, -0.15) is 0 Å². The third-order valence-corrected chi connectivity index (χ3v) is 5.92. The van der Waals surface area contributed by atoms with E-state index in [9.17, 15) is 8.42 Å². The molecular weight excluding hydrogens is 335 g/mol. The molecule has 0 saturated carbocycles. The third kappa shape index (κ3) is 4.02. The number of hydrogen-bond donors (Lipinski definition) is 2. The number of nitrogens with two attached hydrogens (primary N) is 1. The van der Waals surface area contributed by atoms with Gasteiger partial charge in [0.25, 0.3) is 0 Å². The first-order valence-corrected chi connectivity index (χ1v) is 8.90. The van der Waals surface area contributed by atoms with E-state index in [1.54, 1.807) is 0 Å². The molecule has 3 N–H and O–H groups in total. The minimum absolute atomic E-state index is 0.0201. The number of benzene rings is 1. The number of hydrogen-bond acceptors (Lipinski definition) is 4. The zero-order valence-electron chi connectivity index (χ0n) is 11.6. The SMILES string of the molecule is CC(NS(=O)(=O)c1c(N)cc(Cl)cc1Cl)C1CCOCC1. The molecule has 1 saturated heterocycles. The van der Waals surface area contributed by atoms with Crippen LogP contribution in [0.25, 0.3) is 0 Å². The second-order valence-corrected chi connectivity index (χ2v) is 7.66. The first-order chi connectivity index (χ1) is 9.81. The Labute approximate surface area is 134 Å². The summed E-state index contributed by atoms with van der Waals surface area (Å²) in [5.74, 6) is 0.237. The van der Waals surface area contributed by atoms with Crippen molar-refractivity contribution in [1.29, 1.82) is 0 Å². The van der Waals surface area contributed by atoms with E-state index >= 15 is 0 Å². The van der Waals surface area contributed by atoms with Crippen molar-refractivity contribution in [3.63, 3.8) is 0 Å². The highest BCUT2D eigenvalue weighted by Crippen LogP contribution is 2.31. The molecule has 8 heteroatoms. The van der Waals surface area contributed by atoms with Gasteiger partial charge in [-0.3, -0.25) is 0 Å². The molecule has 0 radical (unpaired) electrons. The first kappa shape index (κ1) is 16.8. The van der Waals surface area contributed by atoms with E-state index in [0.717, 1.165) is 12.8 Å². The number of nitrogen functional groups attached to an aromatic ring is 1. The van der Waals surface area contributed by atoms with Gasteiger partial charge in [-0.1, -0.05) is 23.2 Å². The Morgan fingerprint density at radius 1 is 1.33 bits per heavy atom. The highest BCUT2D eigenvalue weighted by atomic mass is 35.5. The number of halogens is 2. The number of sulfonamides is 1. The highest BCUT2D eigenvalue weighted by molar-refractivity contribution is 7.89. The predicted molar refractivity (Wildman–Crippen MR) is 84.2 cm³/mol. The summed E-state index contributed by atoms with van der Waals surface area (Å²) in [7, 11) is -3.79. The van der Waals surface area contributed by atoms with Crippen LogP contribution in [0, 0.1) is 5.92 Å². The molecule has 0 aliphatic carbocycles. The Morgan fingerprint density at radius 3 is 2.52 bits per heavy atom. The lowest BCUT2D eigenvalue weighted by atomic mass is 9.94. The van der Waals surface area contributed by atoms with Gasteiger partial charge in [0.2, 0.25) is 10.0 Å². The van der Waals surface area contributed by atoms with Crippen molar-refractivity contribution in [1.82, 2.24) is 4.72 Å². The molecule has 1 aromatic rings. The summed E-state index contributed by atoms with van der Waals surface area (Å²) in [5, 5.41) is 0.320. The standard InChI is InChI=1S/C13H18Cl2N2O3S/c1-8(9-2-4-20-5-3-9)17-21(18,19)13-11(15)6-10(14)7-12(13)16/h6-9,17H,2-5,16H2,1H3. The van der Waals surface area contributed by atoms with Gasteiger partial charge in [-0.05, 0) is 37.8 Å². The largest absolute Gasteiger partial charge is 0.398 e. The topological polar surface area (TPSA) is 81.4 Å². The smallest absolute Gasteiger partial charge is 0.244 e. The molecule has 1 aliphatic rings. The van der Waals surface area contributed by atoms with Crippen molar-refractivity contribution in [2.45, 2.75) is 30.7 Å². The third-order valence-electron chi connectivity index (χ3n) is 3.62. The lowest BCUT2D eigenvalue weighted by Gasteiger charge is -2.28. The second-order valence-electron chi connectivity index (χ2n) is 5.17. The van der Waals surface area contributed by atoms with Crippen LogP contribution < -0.4 is 10.5 Å². The van der Waals surface area contributed by atoms with Crippen molar-refractivity contribution >= 4 is 38.9 Å². The summed E-state index contributed by atoms with van der Waals surface area (Å²) >= 11 is 11.8. The maximum Gasteiger partial charge on any atom is 0.244 e. The van der Waals surface area contributed by atoms with Gasteiger partial charge in [0, 0.05) is 24.3 Å². The van der Waals surface area contributed by atoms with Gasteiger partial charge in [-0.25, -0.2) is 13.1 Å². The molecular formula is C13H18Cl2N2O3S. The zero-order valence-corrected chi connectivity index (χ0v) is 13.9. The van der Waals surface area contributed by atoms with Gasteiger partial charge in [0.1, 0.15) is 4.90 Å². The Kier molecular flexibility index (Phi) is 5.38. The highest BCUT2D eigenvalue weighted by Gasteiger charge is 2.28. The lowest BCUT2D eigenvalue weighted by molar-refractivity contribution is 0.0585. The quantitative estimate of drug-likeness (QED) is 0.816. The molecule has 21 heavy (non-hydrogen) atoms. The Hall–Kier alpha value is -0.530. The van der Waals surface area contributed by atoms with Crippen molar-refractivity contribution in [2.75, 3.05) is 18.9 Å². The molecule has 0 amide bonds. The minimum Gasteiger partial charge on any atom is -0.398 e. The Balaban J connectivity index is 2.22. The van der Waals surface area contributed by atoms with Gasteiger partial charge < -0.3 is 10.5 Å². The van der Waals surface area contributed by atoms with E-state index < -0.39 is 10.0 Å². The molecule has 0 bridgehead atoms. The maximum atomic E-state index is 12.5. The van der Waals surface area contributed by atoms with E-state index in [1.165, 1.54) is 12.1 Å². The summed E-state index contributed by atoms with van der Waals surface area (Å²) < 4.78 is 32.9. The van der Waals surface area contributed by atoms with Crippen LogP contribution in [0.15, 0.2) is 17.0 Å². The Bertz CT molecular complexity index is 593. The van der Waals surface area contributed by atoms with Crippen LogP contribution in [0.4, 0.5) is 5.69 Å². The predicted octanol–water partition coefficient (Wildman–Crippen LogP) is 2.67. The summed E-state index contributed by atoms with van der Waals surface area (Å²) in [4.78, 5) is -0.118. The molecule has 0 aromatic heterocycles. The van der Waals surface area contributed by atoms with Crippen molar-refractivity contribution in [2.24, 2.45) is 5.92 Å². The van der Waals surface area contributed by atoms with Crippen LogP contribution in [-0.4, -0.2) is 27.7 Å². The summed E-state index contributed by atoms with van der Waals surface area (Å²) in [6.45, 7) is 3.15. The molecule has 1 fully saturated rings. The van der Waals surface area contributed by atoms with Crippen molar-refractivity contribution < 1.29 is 13.2 Å². The normalized spacial score (nSPS) is 18.6. The average Bonchev–Trinajstić information content (AvgIpc) is 2.37. The fraction of sp³-hybridized carbons (Fsp3) is 0.538. The number of ether oxygens (including phenoxy) is 1. The van der Waals surface area contributed by atoms with Crippen LogP contribution in [0.3, 0.4) is 0 Å². The molecule has 1 heterocycles. The molecule has 5 nitrogen and oxygen atoms in total. The van der Waals surface area contributed by atoms with E-state index in [4.69, 9.17) is 33.7 Å². The minimum atomic E-state index is -3.79. The van der Waals surface area contributed by atoms with Crippen LogP contribution in [-0.2, 0) is 14.8 Å². The summed E-state index contributed by atoms with van der Waals surface area (Å²) in [6, 6.07) is 2.53. The lowest BCUT2D eigenvalue weighted by Crippen LogP contribution is -2.40. The summed E-state index contributed by atoms with van der Waals surface area (Å²) in [5.41, 5.74) is 5.80. The molecule has 2 rings (SSSR count). The van der Waals surface area contributed by atoms with Crippen LogP contribution >= 0.6 is 23.2 Å². The van der Waals surface area contributed by atoms with Crippen LogP contribution in [0.1, 0.15) is 19.8 Å². The van der Waals surface area contributed by atoms with Crippen LogP contribution in [0.2, 0.25) is 10.0 Å². The van der Waals surface area contributed by atoms with Crippen molar-refractivity contribution in [3.8, 4) is 0 Å². The number of anilines is 1. The molecule has 1 aromatic carbocycles. The molecule has 1 aliphatic heterocycles. The van der Waals surface area contributed by atoms with E-state index in [1.807, 2.05) is 6.92 Å². The number of nitrogens with one attached hydrogen (secondary N) is 1. The maximum absolute atomic E-state index is 12.5. The van der Waals surface area contributed by atoms with Gasteiger partial charge >= 0.3 is 0 Å². The second kappa shape index (κ2) is 6.71. The first-order valence-electron chi connectivity index (χ1n) is 6.66. The molecule has 118 valence electrons. The molecule has 1 unspecified atom stereocenters. The van der Waals surface area contributed by atoms with E-state index in [0.29, 0.717) is 18.2 Å². The van der Waals surface area contributed by atoms with E-state index in [-0.39, 0.29) is 27.6 Å². The fourth-order valence-electron chi connectivity index (χ4n) is 2.48. The fourth-order valence-corrected chi connectivity index (χ4v) is 4.78. The van der Waals surface area contributed by atoms with Crippen molar-refractivity contribution in [3.05, 3.63) is 22.2 Å². The molecule has 1 atom stereocenters. The van der Waals surface area contributed by atoms with Gasteiger partial charge in [-0.15, -0.1) is 0 Å².